The summed E-state index contributed by atoms with van der Waals surface area (Å²) >= 11 is 0. The van der Waals surface area contributed by atoms with Crippen LogP contribution in [0.25, 0.3) is 0 Å². The van der Waals surface area contributed by atoms with Gasteiger partial charge in [0.25, 0.3) is 0 Å². The number of nitrogens with zero attached hydrogens (tertiary/aromatic N) is 3. The van der Waals surface area contributed by atoms with Crippen LogP contribution in [0.5, 0.6) is 0 Å². The van der Waals surface area contributed by atoms with Crippen LogP contribution in [0.2, 0.25) is 0 Å². The van der Waals surface area contributed by atoms with Crippen LogP contribution in [0.3, 0.4) is 0 Å². The number of hydrazine groups is 1. The molecule has 8 heteroatoms. The molecule has 3 N–H and O–H groups in total. The zero-order valence-corrected chi connectivity index (χ0v) is 9.57. The van der Waals surface area contributed by atoms with Crippen molar-refractivity contribution in [2.45, 2.75) is 31.3 Å². The molecule has 0 aromatic rings. The summed E-state index contributed by atoms with van der Waals surface area (Å²) in [4.78, 5) is 11.4. The smallest absolute Gasteiger partial charge is 0.376 e. The number of hydrogen-bond donors (Lipinski definition) is 2. The lowest BCUT2D eigenvalue weighted by Gasteiger charge is -2.23. The Balaban J connectivity index is 2.10. The highest BCUT2D eigenvalue weighted by Gasteiger charge is 2.56. The minimum absolute atomic E-state index is 0.137. The highest BCUT2D eigenvalue weighted by molar-refractivity contribution is 5.73. The zero-order chi connectivity index (χ0) is 12.5. The molecule has 0 aliphatic carbocycles. The molecule has 2 aliphatic rings. The van der Waals surface area contributed by atoms with Crippen molar-refractivity contribution < 1.29 is 19.4 Å². The van der Waals surface area contributed by atoms with E-state index < -0.39 is 17.9 Å². The number of aliphatic hydroxyl groups is 1. The minimum atomic E-state index is -1.23. The molecular formula is C9H16N4O4. The number of ether oxygens (including phenoxy) is 2. The maximum Gasteiger partial charge on any atom is 0.376 e. The Hall–Kier alpha value is -1.09. The van der Waals surface area contributed by atoms with E-state index in [2.05, 4.69) is 10.2 Å². The van der Waals surface area contributed by atoms with Gasteiger partial charge >= 0.3 is 6.03 Å². The number of carbonyl (C=O) groups excluding carboxylic acids is 1. The fourth-order valence-corrected chi connectivity index (χ4v) is 1.94. The SMILES string of the molecule is CCN(N)C(=O)N=NC12OCCC1OCC2O. The summed E-state index contributed by atoms with van der Waals surface area (Å²) in [6, 6.07) is -0.671. The van der Waals surface area contributed by atoms with Gasteiger partial charge in [0.05, 0.1) is 13.2 Å². The van der Waals surface area contributed by atoms with Crippen LogP contribution in [-0.4, -0.2) is 53.8 Å². The van der Waals surface area contributed by atoms with Crippen LogP contribution in [0.1, 0.15) is 13.3 Å². The first kappa shape index (κ1) is 12.4. The van der Waals surface area contributed by atoms with Crippen LogP contribution in [0.4, 0.5) is 4.79 Å². The molecule has 2 saturated heterocycles. The van der Waals surface area contributed by atoms with Crippen LogP contribution in [0, 0.1) is 0 Å². The van der Waals surface area contributed by atoms with E-state index in [0.717, 1.165) is 5.01 Å². The second-order valence-electron chi connectivity index (χ2n) is 4.00. The number of azo groups is 1. The van der Waals surface area contributed by atoms with E-state index in [-0.39, 0.29) is 12.7 Å². The first-order valence-corrected chi connectivity index (χ1v) is 5.53. The Morgan fingerprint density at radius 1 is 1.71 bits per heavy atom. The lowest BCUT2D eigenvalue weighted by atomic mass is 10.1. The molecule has 2 fully saturated rings. The standard InChI is InChI=1S/C9H16N4O4/c1-2-13(10)8(15)11-12-9-6(14)5-16-7(9)3-4-17-9/h6-7,14H,2-5,10H2,1H3. The Bertz CT molecular complexity index is 337. The molecule has 3 atom stereocenters. The van der Waals surface area contributed by atoms with Gasteiger partial charge in [-0.25, -0.2) is 10.6 Å². The first-order valence-electron chi connectivity index (χ1n) is 5.53. The molecule has 2 rings (SSSR count). The van der Waals surface area contributed by atoms with Crippen molar-refractivity contribution >= 4 is 6.03 Å². The molecule has 3 unspecified atom stereocenters. The van der Waals surface area contributed by atoms with Gasteiger partial charge in [-0.2, -0.15) is 0 Å². The van der Waals surface area contributed by atoms with Crippen molar-refractivity contribution in [3.8, 4) is 0 Å². The third kappa shape index (κ3) is 2.04. The molecule has 0 spiro atoms. The summed E-state index contributed by atoms with van der Waals surface area (Å²) in [5, 5.41) is 18.0. The molecule has 0 aromatic heterocycles. The first-order chi connectivity index (χ1) is 8.10. The molecule has 17 heavy (non-hydrogen) atoms. The fourth-order valence-electron chi connectivity index (χ4n) is 1.94. The van der Waals surface area contributed by atoms with Crippen molar-refractivity contribution in [1.29, 1.82) is 0 Å². The summed E-state index contributed by atoms with van der Waals surface area (Å²) in [5.41, 5.74) is -1.23. The van der Waals surface area contributed by atoms with Crippen molar-refractivity contribution in [2.75, 3.05) is 19.8 Å². The monoisotopic (exact) mass is 244 g/mol. The van der Waals surface area contributed by atoms with Crippen molar-refractivity contribution in [2.24, 2.45) is 16.1 Å². The van der Waals surface area contributed by atoms with E-state index in [1.807, 2.05) is 0 Å². The normalized spacial score (nSPS) is 36.4. The molecule has 8 nitrogen and oxygen atoms in total. The third-order valence-electron chi connectivity index (χ3n) is 2.99. The molecule has 0 bridgehead atoms. The number of nitrogens with two attached hydrogens (primary N) is 1. The second kappa shape index (κ2) is 4.65. The van der Waals surface area contributed by atoms with Crippen molar-refractivity contribution in [1.82, 2.24) is 5.01 Å². The maximum absolute atomic E-state index is 11.4. The molecule has 0 saturated carbocycles. The predicted octanol–water partition coefficient (Wildman–Crippen LogP) is -0.369. The van der Waals surface area contributed by atoms with Crippen LogP contribution in [0.15, 0.2) is 10.2 Å². The lowest BCUT2D eigenvalue weighted by Crippen LogP contribution is -2.43. The van der Waals surface area contributed by atoms with E-state index in [4.69, 9.17) is 15.3 Å². The highest BCUT2D eigenvalue weighted by Crippen LogP contribution is 2.38. The van der Waals surface area contributed by atoms with Crippen LogP contribution < -0.4 is 5.84 Å². The number of amides is 2. The Morgan fingerprint density at radius 3 is 3.18 bits per heavy atom. The molecule has 2 aliphatic heterocycles. The summed E-state index contributed by atoms with van der Waals surface area (Å²) in [6.07, 6.45) is -0.619. The third-order valence-corrected chi connectivity index (χ3v) is 2.99. The van der Waals surface area contributed by atoms with Crippen LogP contribution >= 0.6 is 0 Å². The van der Waals surface area contributed by atoms with Gasteiger partial charge in [0, 0.05) is 13.0 Å². The van der Waals surface area contributed by atoms with Crippen molar-refractivity contribution in [3.05, 3.63) is 0 Å². The molecular weight excluding hydrogens is 228 g/mol. The van der Waals surface area contributed by atoms with Gasteiger partial charge in [0.2, 0.25) is 5.72 Å². The van der Waals surface area contributed by atoms with E-state index >= 15 is 0 Å². The molecule has 2 heterocycles. The number of fused-ring (bicyclic) bond motifs is 1. The Labute approximate surface area is 98.3 Å². The predicted molar refractivity (Wildman–Crippen MR) is 55.9 cm³/mol. The van der Waals surface area contributed by atoms with E-state index in [0.29, 0.717) is 19.6 Å². The number of hydrogen-bond acceptors (Lipinski definition) is 6. The van der Waals surface area contributed by atoms with Gasteiger partial charge < -0.3 is 14.6 Å². The van der Waals surface area contributed by atoms with Gasteiger partial charge in [-0.1, -0.05) is 5.11 Å². The van der Waals surface area contributed by atoms with Crippen LogP contribution in [-0.2, 0) is 9.47 Å². The van der Waals surface area contributed by atoms with E-state index in [9.17, 15) is 9.90 Å². The average Bonchev–Trinajstić information content (AvgIpc) is 2.87. The minimum Gasteiger partial charge on any atom is -0.385 e. The number of carbonyl (C=O) groups is 1. The quantitative estimate of drug-likeness (QED) is 0.298. The maximum atomic E-state index is 11.4. The van der Waals surface area contributed by atoms with E-state index in [1.165, 1.54) is 0 Å². The summed E-state index contributed by atoms with van der Waals surface area (Å²) in [7, 11) is 0. The number of aliphatic hydroxyl groups excluding tert-OH is 1. The molecule has 0 radical (unpaired) electrons. The Morgan fingerprint density at radius 2 is 2.47 bits per heavy atom. The summed E-state index contributed by atoms with van der Waals surface area (Å²) < 4.78 is 10.7. The van der Waals surface area contributed by atoms with Gasteiger partial charge in [0.15, 0.2) is 0 Å². The highest BCUT2D eigenvalue weighted by atomic mass is 16.6. The number of rotatable bonds is 2. The number of urea groups is 1. The second-order valence-corrected chi connectivity index (χ2v) is 4.00. The molecule has 2 amide bonds. The molecule has 96 valence electrons. The summed E-state index contributed by atoms with van der Waals surface area (Å²) in [6.45, 7) is 2.61. The van der Waals surface area contributed by atoms with Gasteiger partial charge in [0.1, 0.15) is 12.2 Å². The zero-order valence-electron chi connectivity index (χ0n) is 9.57. The van der Waals surface area contributed by atoms with E-state index in [1.54, 1.807) is 6.92 Å². The summed E-state index contributed by atoms with van der Waals surface area (Å²) in [5.74, 6) is 5.37. The topological polar surface area (TPSA) is 110 Å². The van der Waals surface area contributed by atoms with Gasteiger partial charge in [-0.3, -0.25) is 5.01 Å². The van der Waals surface area contributed by atoms with Crippen molar-refractivity contribution in [3.63, 3.8) is 0 Å². The Kier molecular flexibility index (Phi) is 3.38. The van der Waals surface area contributed by atoms with Gasteiger partial charge in [-0.05, 0) is 6.92 Å². The average molecular weight is 244 g/mol. The fraction of sp³-hybridized carbons (Fsp3) is 0.889. The lowest BCUT2D eigenvalue weighted by molar-refractivity contribution is -0.0743. The largest absolute Gasteiger partial charge is 0.385 e. The van der Waals surface area contributed by atoms with Gasteiger partial charge in [-0.15, -0.1) is 5.11 Å². The molecule has 0 aromatic carbocycles.